The van der Waals surface area contributed by atoms with Gasteiger partial charge in [0.1, 0.15) is 0 Å². The molecule has 8 nitrogen and oxygen atoms in total. The number of ether oxygens (including phenoxy) is 2. The first-order valence-electron chi connectivity index (χ1n) is 10.6. The van der Waals surface area contributed by atoms with Crippen molar-refractivity contribution in [2.45, 2.75) is 44.4 Å². The van der Waals surface area contributed by atoms with Crippen LogP contribution in [0.4, 0.5) is 5.69 Å². The molecular formula is C23H26N2O6. The van der Waals surface area contributed by atoms with Crippen molar-refractivity contribution in [3.8, 4) is 5.75 Å². The highest BCUT2D eigenvalue weighted by atomic mass is 16.6. The molecule has 164 valence electrons. The number of hydrogen-bond acceptors (Lipinski definition) is 7. The molecule has 1 heterocycles. The Labute approximate surface area is 180 Å². The van der Waals surface area contributed by atoms with E-state index in [2.05, 4.69) is 4.90 Å². The van der Waals surface area contributed by atoms with Crippen molar-refractivity contribution in [3.05, 3.63) is 56.4 Å². The summed E-state index contributed by atoms with van der Waals surface area (Å²) in [5.41, 5.74) is 3.50. The van der Waals surface area contributed by atoms with E-state index in [9.17, 15) is 19.7 Å². The smallest absolute Gasteiger partial charge is 0.311 e. The lowest BCUT2D eigenvalue weighted by Crippen LogP contribution is -2.40. The molecule has 0 atom stereocenters. The molecule has 0 radical (unpaired) electrons. The number of benzene rings is 1. The molecule has 0 spiro atoms. The first-order valence-corrected chi connectivity index (χ1v) is 10.6. The van der Waals surface area contributed by atoms with Gasteiger partial charge in [0.2, 0.25) is 0 Å². The van der Waals surface area contributed by atoms with Crippen molar-refractivity contribution in [2.24, 2.45) is 0 Å². The summed E-state index contributed by atoms with van der Waals surface area (Å²) < 4.78 is 10.4. The van der Waals surface area contributed by atoms with E-state index < -0.39 is 10.8 Å². The molecule has 0 saturated carbocycles. The highest BCUT2D eigenvalue weighted by Crippen LogP contribution is 2.49. The Bertz CT molecular complexity index is 965. The van der Waals surface area contributed by atoms with Crippen molar-refractivity contribution in [3.63, 3.8) is 0 Å². The number of carbonyl (C=O) groups is 2. The van der Waals surface area contributed by atoms with Crippen molar-refractivity contribution < 1.29 is 24.0 Å². The topological polar surface area (TPSA) is 99.0 Å². The molecule has 31 heavy (non-hydrogen) atoms. The number of allylic oxidation sites excluding steroid dienone is 4. The lowest BCUT2D eigenvalue weighted by atomic mass is 9.71. The minimum atomic E-state index is -0.575. The van der Waals surface area contributed by atoms with Gasteiger partial charge in [-0.3, -0.25) is 19.7 Å². The summed E-state index contributed by atoms with van der Waals surface area (Å²) in [6.45, 7) is 1.05. The lowest BCUT2D eigenvalue weighted by Gasteiger charge is -2.43. The van der Waals surface area contributed by atoms with Gasteiger partial charge in [0.25, 0.3) is 0 Å². The Kier molecular flexibility index (Phi) is 5.91. The predicted molar refractivity (Wildman–Crippen MR) is 113 cm³/mol. The molecule has 3 aliphatic rings. The Morgan fingerprint density at radius 3 is 2.16 bits per heavy atom. The molecule has 0 bridgehead atoms. The molecule has 2 aliphatic carbocycles. The number of methoxy groups -OCH3 is 2. The molecule has 1 aromatic carbocycles. The van der Waals surface area contributed by atoms with Gasteiger partial charge in [0, 0.05) is 61.0 Å². The average molecular weight is 426 g/mol. The second-order valence-electron chi connectivity index (χ2n) is 8.04. The van der Waals surface area contributed by atoms with Crippen LogP contribution in [0.25, 0.3) is 0 Å². The molecule has 4 rings (SSSR count). The summed E-state index contributed by atoms with van der Waals surface area (Å²) in [6.07, 6.45) is 3.83. The molecule has 0 saturated heterocycles. The van der Waals surface area contributed by atoms with Gasteiger partial charge in [-0.2, -0.15) is 0 Å². The van der Waals surface area contributed by atoms with Gasteiger partial charge in [-0.25, -0.2) is 0 Å². The summed E-state index contributed by atoms with van der Waals surface area (Å²) in [5, 5.41) is 11.6. The van der Waals surface area contributed by atoms with Crippen LogP contribution in [0, 0.1) is 10.1 Å². The quantitative estimate of drug-likeness (QED) is 0.505. The molecule has 0 N–H and O–H groups in total. The minimum Gasteiger partial charge on any atom is -0.490 e. The number of nitrogens with zero attached hydrogens (tertiary/aromatic N) is 2. The molecule has 0 unspecified atom stereocenters. The van der Waals surface area contributed by atoms with E-state index in [0.717, 1.165) is 37.1 Å². The van der Waals surface area contributed by atoms with E-state index in [1.54, 1.807) is 19.2 Å². The van der Waals surface area contributed by atoms with E-state index in [-0.39, 0.29) is 23.0 Å². The fraction of sp³-hybridized carbons (Fsp3) is 0.478. The lowest BCUT2D eigenvalue weighted by molar-refractivity contribution is -0.385. The maximum absolute atomic E-state index is 13.1. The Morgan fingerprint density at radius 1 is 1.03 bits per heavy atom. The maximum Gasteiger partial charge on any atom is 0.311 e. The zero-order chi connectivity index (χ0) is 22.1. The van der Waals surface area contributed by atoms with E-state index in [1.807, 2.05) is 0 Å². The average Bonchev–Trinajstić information content (AvgIpc) is 2.77. The number of hydrogen-bond donors (Lipinski definition) is 0. The SMILES string of the molecule is COCCN1C2=C(C(=O)CCC2)C(c2ccc(OC)c([N+](=O)[O-])c2)C2=C1CCCC2=O. The van der Waals surface area contributed by atoms with Gasteiger partial charge in [0.15, 0.2) is 17.3 Å². The van der Waals surface area contributed by atoms with E-state index in [1.165, 1.54) is 13.2 Å². The maximum atomic E-state index is 13.1. The summed E-state index contributed by atoms with van der Waals surface area (Å²) in [4.78, 5) is 39.5. The third-order valence-electron chi connectivity index (χ3n) is 6.34. The molecule has 8 heteroatoms. The number of nitro groups is 1. The fourth-order valence-electron chi connectivity index (χ4n) is 5.03. The second kappa shape index (κ2) is 8.63. The minimum absolute atomic E-state index is 0.0112. The summed E-state index contributed by atoms with van der Waals surface area (Å²) in [5.74, 6) is -0.400. The number of ketones is 2. The number of Topliss-reactive ketones (excluding diaryl/α,β-unsaturated/α-hetero) is 2. The summed E-state index contributed by atoms with van der Waals surface area (Å²) >= 11 is 0. The van der Waals surface area contributed by atoms with Gasteiger partial charge in [-0.05, 0) is 37.3 Å². The molecule has 1 aromatic rings. The van der Waals surface area contributed by atoms with Crippen LogP contribution in [0.2, 0.25) is 0 Å². The predicted octanol–water partition coefficient (Wildman–Crippen LogP) is 3.66. The normalized spacial score (nSPS) is 19.5. The van der Waals surface area contributed by atoms with Crippen LogP contribution in [0.3, 0.4) is 0 Å². The van der Waals surface area contributed by atoms with Crippen LogP contribution in [0.5, 0.6) is 5.75 Å². The molecule has 0 fully saturated rings. The zero-order valence-electron chi connectivity index (χ0n) is 17.8. The summed E-state index contributed by atoms with van der Waals surface area (Å²) in [6, 6.07) is 4.74. The van der Waals surface area contributed by atoms with Crippen LogP contribution in [0.15, 0.2) is 40.7 Å². The highest BCUT2D eigenvalue weighted by molar-refractivity contribution is 6.06. The number of carbonyl (C=O) groups excluding carboxylic acids is 2. The van der Waals surface area contributed by atoms with Crippen molar-refractivity contribution >= 4 is 17.3 Å². The zero-order valence-corrected chi connectivity index (χ0v) is 17.8. The largest absolute Gasteiger partial charge is 0.490 e. The van der Waals surface area contributed by atoms with Crippen molar-refractivity contribution in [1.29, 1.82) is 0 Å². The van der Waals surface area contributed by atoms with Gasteiger partial charge >= 0.3 is 5.69 Å². The Morgan fingerprint density at radius 2 is 1.65 bits per heavy atom. The van der Waals surface area contributed by atoms with E-state index >= 15 is 0 Å². The first-order chi connectivity index (χ1) is 15.0. The monoisotopic (exact) mass is 426 g/mol. The first kappa shape index (κ1) is 21.2. The van der Waals surface area contributed by atoms with Gasteiger partial charge in [-0.1, -0.05) is 6.07 Å². The molecular weight excluding hydrogens is 400 g/mol. The molecule has 0 aromatic heterocycles. The third-order valence-corrected chi connectivity index (χ3v) is 6.34. The van der Waals surface area contributed by atoms with Crippen LogP contribution in [-0.2, 0) is 14.3 Å². The molecule has 0 amide bonds. The fourth-order valence-corrected chi connectivity index (χ4v) is 5.03. The highest BCUT2D eigenvalue weighted by Gasteiger charge is 2.43. The Balaban J connectivity index is 1.94. The van der Waals surface area contributed by atoms with Crippen LogP contribution < -0.4 is 4.74 Å². The van der Waals surface area contributed by atoms with Crippen molar-refractivity contribution in [1.82, 2.24) is 4.90 Å². The number of rotatable bonds is 6. The van der Waals surface area contributed by atoms with E-state index in [4.69, 9.17) is 9.47 Å². The van der Waals surface area contributed by atoms with Gasteiger partial charge in [0.05, 0.1) is 18.6 Å². The second-order valence-corrected chi connectivity index (χ2v) is 8.04. The Hall–Kier alpha value is -3.00. The third kappa shape index (κ3) is 3.65. The van der Waals surface area contributed by atoms with E-state index in [0.29, 0.717) is 42.7 Å². The van der Waals surface area contributed by atoms with Gasteiger partial charge < -0.3 is 14.4 Å². The number of nitro benzene ring substituents is 1. The standard InChI is InChI=1S/C23H26N2O6/c1-30-12-11-24-15-5-3-7-18(26)22(15)21(23-16(24)6-4-8-19(23)27)14-9-10-20(31-2)17(13-14)25(28)29/h9-10,13,21H,3-8,11-12H2,1-2H3. The summed E-state index contributed by atoms with van der Waals surface area (Å²) in [7, 11) is 3.01. The molecule has 1 aliphatic heterocycles. The van der Waals surface area contributed by atoms with Crippen LogP contribution >= 0.6 is 0 Å². The van der Waals surface area contributed by atoms with Crippen LogP contribution in [-0.4, -0.2) is 48.8 Å². The van der Waals surface area contributed by atoms with Gasteiger partial charge in [-0.15, -0.1) is 0 Å². The van der Waals surface area contributed by atoms with Crippen LogP contribution in [0.1, 0.15) is 50.0 Å². The van der Waals surface area contributed by atoms with Crippen molar-refractivity contribution in [2.75, 3.05) is 27.4 Å².